The number of aliphatic carboxylic acids is 1. The molecule has 11 heteroatoms. The van der Waals surface area contributed by atoms with E-state index in [1.54, 1.807) is 4.72 Å². The maximum absolute atomic E-state index is 12.3. The summed E-state index contributed by atoms with van der Waals surface area (Å²) in [5.74, 6) is -4.04. The van der Waals surface area contributed by atoms with E-state index in [2.05, 4.69) is 0 Å². The number of carbonyl (C=O) groups excluding carboxylic acids is 1. The minimum absolute atomic E-state index is 0.192. The number of benzene rings is 2. The lowest BCUT2D eigenvalue weighted by Crippen LogP contribution is -2.40. The first kappa shape index (κ1) is 20.8. The molecule has 0 spiro atoms. The van der Waals surface area contributed by atoms with E-state index in [0.29, 0.717) is 11.3 Å². The average molecular weight is 408 g/mol. The van der Waals surface area contributed by atoms with Gasteiger partial charge in [0, 0.05) is 12.1 Å². The van der Waals surface area contributed by atoms with E-state index in [0.717, 1.165) is 0 Å². The van der Waals surface area contributed by atoms with Crippen molar-refractivity contribution in [2.75, 3.05) is 7.11 Å². The fraction of sp³-hybridized carbons (Fsp3) is 0.176. The zero-order valence-corrected chi connectivity index (χ0v) is 15.4. The van der Waals surface area contributed by atoms with Crippen LogP contribution in [-0.2, 0) is 26.0 Å². The predicted octanol–water partition coefficient (Wildman–Crippen LogP) is 1.35. The fourth-order valence-corrected chi connectivity index (χ4v) is 3.32. The summed E-state index contributed by atoms with van der Waals surface area (Å²) in [5.41, 5.74) is 0.136. The van der Waals surface area contributed by atoms with Crippen molar-refractivity contribution in [2.45, 2.75) is 11.3 Å². The number of nitro groups is 1. The normalized spacial score (nSPS) is 12.0. The van der Waals surface area contributed by atoms with Gasteiger partial charge < -0.3 is 9.84 Å². The van der Waals surface area contributed by atoms with E-state index in [4.69, 9.17) is 4.74 Å². The van der Waals surface area contributed by atoms with E-state index >= 15 is 0 Å². The number of rotatable bonds is 8. The Morgan fingerprint density at radius 3 is 2.18 bits per heavy atom. The quantitative estimate of drug-likeness (QED) is 0.377. The molecule has 2 N–H and O–H groups in total. The van der Waals surface area contributed by atoms with Crippen molar-refractivity contribution in [3.8, 4) is 5.75 Å². The van der Waals surface area contributed by atoms with Gasteiger partial charge in [-0.3, -0.25) is 19.7 Å². The largest absolute Gasteiger partial charge is 0.497 e. The van der Waals surface area contributed by atoms with Crippen molar-refractivity contribution in [1.82, 2.24) is 4.72 Å². The molecule has 0 bridgehead atoms. The smallest absolute Gasteiger partial charge is 0.316 e. The number of nitrogens with zero attached hydrogens (tertiary/aromatic N) is 1. The van der Waals surface area contributed by atoms with Crippen LogP contribution >= 0.6 is 0 Å². The molecule has 2 aromatic rings. The van der Waals surface area contributed by atoms with Gasteiger partial charge in [0.25, 0.3) is 15.7 Å². The summed E-state index contributed by atoms with van der Waals surface area (Å²) in [6.07, 6.45) is -0.336. The summed E-state index contributed by atoms with van der Waals surface area (Å²) in [7, 11) is -2.88. The summed E-state index contributed by atoms with van der Waals surface area (Å²) in [6, 6.07) is 10.1. The zero-order valence-electron chi connectivity index (χ0n) is 14.6. The molecular formula is C17H16N2O8S. The highest BCUT2D eigenvalue weighted by molar-refractivity contribution is 7.90. The summed E-state index contributed by atoms with van der Waals surface area (Å²) in [5, 5.41) is 20.0. The molecule has 0 radical (unpaired) electrons. The van der Waals surface area contributed by atoms with Gasteiger partial charge in [-0.1, -0.05) is 12.1 Å². The number of methoxy groups -OCH3 is 1. The van der Waals surface area contributed by atoms with Crippen LogP contribution in [0.25, 0.3) is 0 Å². The van der Waals surface area contributed by atoms with Crippen molar-refractivity contribution < 1.29 is 32.8 Å². The Hall–Kier alpha value is -3.47. The third kappa shape index (κ3) is 5.04. The second kappa shape index (κ2) is 8.48. The summed E-state index contributed by atoms with van der Waals surface area (Å²) >= 11 is 0. The van der Waals surface area contributed by atoms with Gasteiger partial charge >= 0.3 is 5.97 Å². The SMILES string of the molecule is COc1ccc(S(=O)(=O)NC(=O)C(Cc2ccc([N+](=O)[O-])cc2)C(=O)O)cc1. The van der Waals surface area contributed by atoms with Crippen LogP contribution in [0.2, 0.25) is 0 Å². The number of ether oxygens (including phenoxy) is 1. The predicted molar refractivity (Wildman–Crippen MR) is 96.2 cm³/mol. The molecule has 0 aliphatic heterocycles. The van der Waals surface area contributed by atoms with Gasteiger partial charge in [-0.15, -0.1) is 0 Å². The molecule has 0 heterocycles. The second-order valence-electron chi connectivity index (χ2n) is 5.66. The van der Waals surface area contributed by atoms with Crippen molar-refractivity contribution in [3.05, 3.63) is 64.2 Å². The number of carbonyl (C=O) groups is 2. The highest BCUT2D eigenvalue weighted by Gasteiger charge is 2.30. The fourth-order valence-electron chi connectivity index (χ4n) is 2.30. The van der Waals surface area contributed by atoms with E-state index in [-0.39, 0.29) is 17.0 Å². The highest BCUT2D eigenvalue weighted by atomic mass is 32.2. The van der Waals surface area contributed by atoms with Crippen molar-refractivity contribution in [2.24, 2.45) is 5.92 Å². The number of sulfonamides is 1. The van der Waals surface area contributed by atoms with Crippen LogP contribution in [0.5, 0.6) is 5.75 Å². The minimum atomic E-state index is -4.28. The number of carboxylic acids is 1. The molecule has 2 rings (SSSR count). The number of hydrogen-bond acceptors (Lipinski definition) is 7. The third-order valence-corrected chi connectivity index (χ3v) is 5.17. The van der Waals surface area contributed by atoms with Gasteiger partial charge in [-0.25, -0.2) is 13.1 Å². The lowest BCUT2D eigenvalue weighted by Gasteiger charge is -2.13. The molecule has 28 heavy (non-hydrogen) atoms. The van der Waals surface area contributed by atoms with Gasteiger partial charge in [-0.05, 0) is 36.2 Å². The van der Waals surface area contributed by atoms with Gasteiger partial charge in [-0.2, -0.15) is 0 Å². The van der Waals surface area contributed by atoms with Crippen LogP contribution in [0, 0.1) is 16.0 Å². The van der Waals surface area contributed by atoms with Gasteiger partial charge in [0.15, 0.2) is 0 Å². The number of amides is 1. The van der Waals surface area contributed by atoms with Crippen molar-refractivity contribution in [3.63, 3.8) is 0 Å². The summed E-state index contributed by atoms with van der Waals surface area (Å²) < 4.78 is 31.3. The second-order valence-corrected chi connectivity index (χ2v) is 7.35. The molecule has 1 unspecified atom stereocenters. The summed E-state index contributed by atoms with van der Waals surface area (Å²) in [6.45, 7) is 0. The van der Waals surface area contributed by atoms with Crippen LogP contribution in [0.15, 0.2) is 53.4 Å². The lowest BCUT2D eigenvalue weighted by atomic mass is 9.99. The minimum Gasteiger partial charge on any atom is -0.497 e. The van der Waals surface area contributed by atoms with E-state index < -0.39 is 32.7 Å². The van der Waals surface area contributed by atoms with Crippen molar-refractivity contribution in [1.29, 1.82) is 0 Å². The first-order valence-corrected chi connectivity index (χ1v) is 9.29. The Kier molecular flexibility index (Phi) is 6.31. The lowest BCUT2D eigenvalue weighted by molar-refractivity contribution is -0.384. The topological polar surface area (TPSA) is 153 Å². The number of hydrogen-bond donors (Lipinski definition) is 2. The van der Waals surface area contributed by atoms with E-state index in [1.165, 1.54) is 55.6 Å². The first-order chi connectivity index (χ1) is 13.1. The first-order valence-electron chi connectivity index (χ1n) is 7.81. The van der Waals surface area contributed by atoms with Crippen molar-refractivity contribution >= 4 is 27.6 Å². The molecule has 2 aromatic carbocycles. The maximum atomic E-state index is 12.3. The Morgan fingerprint density at radius 1 is 1.14 bits per heavy atom. The number of carboxylic acid groups (broad SMARTS) is 1. The summed E-state index contributed by atoms with van der Waals surface area (Å²) in [4.78, 5) is 33.5. The molecule has 0 aliphatic carbocycles. The van der Waals surface area contributed by atoms with Crippen LogP contribution < -0.4 is 9.46 Å². The molecule has 0 aliphatic rings. The van der Waals surface area contributed by atoms with Gasteiger partial charge in [0.05, 0.1) is 16.9 Å². The molecule has 148 valence electrons. The van der Waals surface area contributed by atoms with E-state index in [1.807, 2.05) is 0 Å². The molecule has 0 saturated heterocycles. The Bertz CT molecular complexity index is 985. The Balaban J connectivity index is 2.17. The Morgan fingerprint density at radius 2 is 1.71 bits per heavy atom. The van der Waals surface area contributed by atoms with Crippen LogP contribution in [0.1, 0.15) is 5.56 Å². The molecule has 10 nitrogen and oxygen atoms in total. The number of nitro benzene ring substituents is 1. The molecular weight excluding hydrogens is 392 g/mol. The van der Waals surface area contributed by atoms with Crippen LogP contribution in [0.4, 0.5) is 5.69 Å². The highest BCUT2D eigenvalue weighted by Crippen LogP contribution is 2.18. The molecule has 1 atom stereocenters. The van der Waals surface area contributed by atoms with E-state index in [9.17, 15) is 33.2 Å². The van der Waals surface area contributed by atoms with Gasteiger partial charge in [0.2, 0.25) is 5.91 Å². The van der Waals surface area contributed by atoms with Gasteiger partial charge in [0.1, 0.15) is 11.7 Å². The number of nitrogens with one attached hydrogen (secondary N) is 1. The Labute approximate surface area is 160 Å². The zero-order chi connectivity index (χ0) is 20.9. The molecule has 0 fully saturated rings. The number of non-ortho nitro benzene ring substituents is 1. The third-order valence-electron chi connectivity index (χ3n) is 3.81. The standard InChI is InChI=1S/C17H16N2O8S/c1-27-13-6-8-14(9-7-13)28(25,26)18-16(20)15(17(21)22)10-11-2-4-12(5-3-11)19(23)24/h2-9,15H,10H2,1H3,(H,18,20)(H,21,22). The monoisotopic (exact) mass is 408 g/mol. The molecule has 1 amide bonds. The molecule has 0 aromatic heterocycles. The van der Waals surface area contributed by atoms with Crippen LogP contribution in [-0.4, -0.2) is 37.4 Å². The molecule has 0 saturated carbocycles. The van der Waals surface area contributed by atoms with Crippen LogP contribution in [0.3, 0.4) is 0 Å². The maximum Gasteiger partial charge on any atom is 0.316 e. The average Bonchev–Trinajstić information content (AvgIpc) is 2.65.